The van der Waals surface area contributed by atoms with E-state index in [-0.39, 0.29) is 12.1 Å². The van der Waals surface area contributed by atoms with E-state index in [0.717, 1.165) is 36.8 Å². The molecule has 130 valence electrons. The van der Waals surface area contributed by atoms with Gasteiger partial charge in [0.05, 0.1) is 6.04 Å². The van der Waals surface area contributed by atoms with Crippen molar-refractivity contribution in [2.75, 3.05) is 13.2 Å². The van der Waals surface area contributed by atoms with Gasteiger partial charge in [-0.15, -0.1) is 0 Å². The van der Waals surface area contributed by atoms with Gasteiger partial charge in [-0.1, -0.05) is 30.3 Å². The van der Waals surface area contributed by atoms with Crippen molar-refractivity contribution in [3.05, 3.63) is 66.3 Å². The lowest BCUT2D eigenvalue weighted by atomic mass is 9.99. The fraction of sp³-hybridized carbons (Fsp3) is 0.389. The molecule has 0 radical (unpaired) electrons. The number of aromatic nitrogens is 5. The van der Waals surface area contributed by atoms with Gasteiger partial charge in [0.15, 0.2) is 0 Å². The monoisotopic (exact) mass is 338 g/mol. The van der Waals surface area contributed by atoms with Crippen LogP contribution in [-0.2, 0) is 11.8 Å². The molecule has 0 saturated carbocycles. The first-order chi connectivity index (χ1) is 12.3. The molecule has 1 aliphatic rings. The van der Waals surface area contributed by atoms with Gasteiger partial charge in [0.2, 0.25) is 0 Å². The predicted molar refractivity (Wildman–Crippen MR) is 92.7 cm³/mol. The zero-order valence-electron chi connectivity index (χ0n) is 14.2. The number of H-pyrrole nitrogens is 1. The van der Waals surface area contributed by atoms with Crippen LogP contribution < -0.4 is 5.32 Å². The quantitative estimate of drug-likeness (QED) is 0.718. The Kier molecular flexibility index (Phi) is 4.58. The van der Waals surface area contributed by atoms with E-state index in [2.05, 4.69) is 37.6 Å². The number of rotatable bonds is 6. The summed E-state index contributed by atoms with van der Waals surface area (Å²) in [4.78, 5) is 8.81. The molecular weight excluding hydrogens is 316 g/mol. The Morgan fingerprint density at radius 3 is 2.92 bits per heavy atom. The van der Waals surface area contributed by atoms with Crippen molar-refractivity contribution >= 4 is 0 Å². The van der Waals surface area contributed by atoms with Gasteiger partial charge in [0.25, 0.3) is 0 Å². The third-order valence-corrected chi connectivity index (χ3v) is 4.75. The van der Waals surface area contributed by atoms with Crippen molar-refractivity contribution in [2.45, 2.75) is 18.6 Å². The number of ether oxygens (including phenoxy) is 1. The molecule has 2 aromatic heterocycles. The van der Waals surface area contributed by atoms with Crippen LogP contribution in [-0.4, -0.2) is 37.9 Å². The number of hydrogen-bond acceptors (Lipinski definition) is 5. The van der Waals surface area contributed by atoms with E-state index in [4.69, 9.17) is 4.74 Å². The number of aryl methyl sites for hydroxylation is 1. The van der Waals surface area contributed by atoms with E-state index in [9.17, 15) is 0 Å². The summed E-state index contributed by atoms with van der Waals surface area (Å²) >= 11 is 0. The van der Waals surface area contributed by atoms with Gasteiger partial charge in [0.1, 0.15) is 24.1 Å². The van der Waals surface area contributed by atoms with Gasteiger partial charge in [-0.25, -0.2) is 9.97 Å². The lowest BCUT2D eigenvalue weighted by Crippen LogP contribution is -2.30. The fourth-order valence-corrected chi connectivity index (χ4v) is 3.42. The predicted octanol–water partition coefficient (Wildman–Crippen LogP) is 1.99. The van der Waals surface area contributed by atoms with Gasteiger partial charge in [-0.2, -0.15) is 5.10 Å². The van der Waals surface area contributed by atoms with Crippen molar-refractivity contribution in [2.24, 2.45) is 13.0 Å². The van der Waals surface area contributed by atoms with Crippen LogP contribution in [0.4, 0.5) is 0 Å². The van der Waals surface area contributed by atoms with Gasteiger partial charge >= 0.3 is 0 Å². The van der Waals surface area contributed by atoms with E-state index >= 15 is 0 Å². The van der Waals surface area contributed by atoms with Crippen LogP contribution in [0.5, 0.6) is 0 Å². The second-order valence-corrected chi connectivity index (χ2v) is 6.36. The molecule has 3 heterocycles. The number of benzene rings is 1. The first kappa shape index (κ1) is 16.0. The molecule has 0 amide bonds. The lowest BCUT2D eigenvalue weighted by Gasteiger charge is -2.22. The molecule has 1 saturated heterocycles. The van der Waals surface area contributed by atoms with Crippen LogP contribution in [0.1, 0.15) is 35.8 Å². The third kappa shape index (κ3) is 3.33. The highest BCUT2D eigenvalue weighted by Crippen LogP contribution is 2.33. The van der Waals surface area contributed by atoms with Crippen molar-refractivity contribution in [1.29, 1.82) is 0 Å². The van der Waals surface area contributed by atoms with Gasteiger partial charge in [-0.3, -0.25) is 5.10 Å². The van der Waals surface area contributed by atoms with Gasteiger partial charge in [-0.05, 0) is 12.0 Å². The Hall–Kier alpha value is -2.51. The van der Waals surface area contributed by atoms with Crippen molar-refractivity contribution in [3.8, 4) is 0 Å². The molecule has 7 heteroatoms. The van der Waals surface area contributed by atoms with Crippen LogP contribution in [0, 0.1) is 5.92 Å². The minimum absolute atomic E-state index is 0.0219. The normalized spacial score (nSPS) is 21.5. The molecule has 0 bridgehead atoms. The maximum Gasteiger partial charge on any atom is 0.145 e. The zero-order chi connectivity index (χ0) is 17.1. The molecule has 4 rings (SSSR count). The highest BCUT2D eigenvalue weighted by atomic mass is 16.5. The minimum atomic E-state index is -0.0219. The number of nitrogens with zero attached hydrogens (tertiary/aromatic N) is 4. The highest BCUT2D eigenvalue weighted by molar-refractivity contribution is 5.24. The summed E-state index contributed by atoms with van der Waals surface area (Å²) in [6.45, 7) is 1.58. The summed E-state index contributed by atoms with van der Waals surface area (Å²) in [6, 6.07) is 10.3. The Morgan fingerprint density at radius 1 is 1.32 bits per heavy atom. The highest BCUT2D eigenvalue weighted by Gasteiger charge is 2.33. The van der Waals surface area contributed by atoms with E-state index < -0.39 is 0 Å². The van der Waals surface area contributed by atoms with E-state index in [1.165, 1.54) is 0 Å². The number of imidazole rings is 1. The minimum Gasteiger partial charge on any atom is -0.370 e. The maximum absolute atomic E-state index is 5.96. The Labute approximate surface area is 146 Å². The molecule has 1 aromatic carbocycles. The van der Waals surface area contributed by atoms with Crippen molar-refractivity contribution < 1.29 is 4.74 Å². The van der Waals surface area contributed by atoms with E-state index in [1.807, 2.05) is 42.2 Å². The molecule has 2 N–H and O–H groups in total. The summed E-state index contributed by atoms with van der Waals surface area (Å²) in [5, 5.41) is 10.6. The van der Waals surface area contributed by atoms with Crippen molar-refractivity contribution in [1.82, 2.24) is 30.0 Å². The lowest BCUT2D eigenvalue weighted by molar-refractivity contribution is 0.0807. The summed E-state index contributed by atoms with van der Waals surface area (Å²) < 4.78 is 8.00. The molecule has 1 unspecified atom stereocenters. The Bertz CT molecular complexity index is 785. The number of aromatic amines is 1. The summed E-state index contributed by atoms with van der Waals surface area (Å²) in [6.07, 6.45) is 6.37. The fourth-order valence-electron chi connectivity index (χ4n) is 3.42. The molecular formula is C18H22N6O. The number of nitrogens with one attached hydrogen (secondary N) is 2. The smallest absolute Gasteiger partial charge is 0.145 e. The zero-order valence-corrected chi connectivity index (χ0v) is 14.2. The van der Waals surface area contributed by atoms with Gasteiger partial charge in [0, 0.05) is 38.5 Å². The van der Waals surface area contributed by atoms with E-state index in [1.54, 1.807) is 6.33 Å². The third-order valence-electron chi connectivity index (χ3n) is 4.75. The molecule has 1 fully saturated rings. The molecule has 0 aliphatic carbocycles. The second kappa shape index (κ2) is 7.16. The summed E-state index contributed by atoms with van der Waals surface area (Å²) in [7, 11) is 2.01. The standard InChI is InChI=1S/C18H22N6O/c1-24-9-8-19-18(24)16-14(7-10-25-16)11-20-15(17-21-12-22-23-17)13-5-3-2-4-6-13/h2-6,8-9,12,14-16,20H,7,10-11H2,1H3,(H,21,22,23)/t14-,15?,16+/m0/s1. The van der Waals surface area contributed by atoms with Gasteiger partial charge < -0.3 is 14.6 Å². The van der Waals surface area contributed by atoms with Crippen LogP contribution in [0.2, 0.25) is 0 Å². The Balaban J connectivity index is 1.50. The molecule has 3 aromatic rings. The first-order valence-corrected chi connectivity index (χ1v) is 8.55. The first-order valence-electron chi connectivity index (χ1n) is 8.55. The van der Waals surface area contributed by atoms with Crippen LogP contribution in [0.3, 0.4) is 0 Å². The molecule has 0 spiro atoms. The molecule has 3 atom stereocenters. The summed E-state index contributed by atoms with van der Waals surface area (Å²) in [5.41, 5.74) is 1.16. The van der Waals surface area contributed by atoms with Crippen LogP contribution in [0.15, 0.2) is 49.1 Å². The van der Waals surface area contributed by atoms with Crippen LogP contribution in [0.25, 0.3) is 0 Å². The Morgan fingerprint density at radius 2 is 2.20 bits per heavy atom. The second-order valence-electron chi connectivity index (χ2n) is 6.36. The molecule has 7 nitrogen and oxygen atoms in total. The average molecular weight is 338 g/mol. The summed E-state index contributed by atoms with van der Waals surface area (Å²) in [5.74, 6) is 2.18. The number of hydrogen-bond donors (Lipinski definition) is 2. The SMILES string of the molecule is Cn1ccnc1[C@@H]1OCC[C@H]1CNC(c1ccccc1)c1ncn[nH]1. The van der Waals surface area contributed by atoms with Crippen molar-refractivity contribution in [3.63, 3.8) is 0 Å². The largest absolute Gasteiger partial charge is 0.370 e. The molecule has 1 aliphatic heterocycles. The average Bonchev–Trinajstić information content (AvgIpc) is 3.38. The molecule has 25 heavy (non-hydrogen) atoms. The van der Waals surface area contributed by atoms with Crippen LogP contribution >= 0.6 is 0 Å². The maximum atomic E-state index is 5.96. The van der Waals surface area contributed by atoms with E-state index in [0.29, 0.717) is 5.92 Å². The topological polar surface area (TPSA) is 80.7 Å².